The van der Waals surface area contributed by atoms with E-state index < -0.39 is 5.97 Å². The number of nitrogens with one attached hydrogen (secondary N) is 3. The molecule has 0 aliphatic carbocycles. The molecule has 142 valence electrons. The first-order valence-electron chi connectivity index (χ1n) is 8.45. The number of carbonyl (C=O) groups is 2. The molecular weight excluding hydrogens is 338 g/mol. The van der Waals surface area contributed by atoms with Crippen molar-refractivity contribution in [3.63, 3.8) is 0 Å². The lowest BCUT2D eigenvalue weighted by Crippen LogP contribution is -3.08. The number of para-hydroxylation sites is 1. The first-order valence-corrected chi connectivity index (χ1v) is 8.45. The second-order valence-electron chi connectivity index (χ2n) is 5.95. The number of esters is 1. The fourth-order valence-corrected chi connectivity index (χ4v) is 2.88. The summed E-state index contributed by atoms with van der Waals surface area (Å²) in [6.45, 7) is 3.29. The average Bonchev–Trinajstić information content (AvgIpc) is 2.61. The fraction of sp³-hybridized carbons (Fsp3) is 0.444. The lowest BCUT2D eigenvalue weighted by molar-refractivity contribution is -0.889. The van der Waals surface area contributed by atoms with Crippen LogP contribution in [0.25, 0.3) is 0 Å². The number of likely N-dealkylation sites (N-methyl/N-ethyl adjacent to an activating group) is 1. The Morgan fingerprint density at radius 2 is 2.00 bits per heavy atom. The van der Waals surface area contributed by atoms with Gasteiger partial charge in [-0.25, -0.2) is 9.59 Å². The topological polar surface area (TPSA) is 90.3 Å². The lowest BCUT2D eigenvalue weighted by Gasteiger charge is -2.24. The van der Waals surface area contributed by atoms with Crippen LogP contribution in [0.4, 0.5) is 4.79 Å². The molecule has 1 aromatic rings. The van der Waals surface area contributed by atoms with E-state index in [-0.39, 0.29) is 19.2 Å². The monoisotopic (exact) mass is 364 g/mol. The minimum atomic E-state index is -0.415. The van der Waals surface area contributed by atoms with Gasteiger partial charge < -0.3 is 29.7 Å². The Morgan fingerprint density at radius 3 is 2.65 bits per heavy atom. The molecule has 0 spiro atoms. The van der Waals surface area contributed by atoms with Gasteiger partial charge in [-0.05, 0) is 19.1 Å². The van der Waals surface area contributed by atoms with Crippen LogP contribution in [0.2, 0.25) is 0 Å². The molecule has 1 aliphatic heterocycles. The number of carbonyl (C=O) groups excluding carboxylic acids is 2. The maximum Gasteiger partial charge on any atom is 0.337 e. The molecule has 0 radical (unpaired) electrons. The Bertz CT molecular complexity index is 702. The largest absolute Gasteiger partial charge is 0.493 e. The van der Waals surface area contributed by atoms with E-state index in [9.17, 15) is 9.59 Å². The molecule has 0 saturated carbocycles. The number of rotatable bonds is 8. The van der Waals surface area contributed by atoms with Gasteiger partial charge in [0.05, 0.1) is 51.3 Å². The van der Waals surface area contributed by atoms with Crippen LogP contribution in [0.15, 0.2) is 29.5 Å². The molecule has 8 heteroatoms. The molecular formula is C18H26N3O5+. The highest BCUT2D eigenvalue weighted by Crippen LogP contribution is 2.30. The first-order chi connectivity index (χ1) is 12.5. The van der Waals surface area contributed by atoms with Crippen molar-refractivity contribution in [1.82, 2.24) is 10.6 Å². The van der Waals surface area contributed by atoms with E-state index >= 15 is 0 Å². The van der Waals surface area contributed by atoms with Crippen molar-refractivity contribution in [1.29, 1.82) is 0 Å². The summed E-state index contributed by atoms with van der Waals surface area (Å²) < 4.78 is 15.9. The Kier molecular flexibility index (Phi) is 6.85. The van der Waals surface area contributed by atoms with Crippen LogP contribution in [0.3, 0.4) is 0 Å². The van der Waals surface area contributed by atoms with Gasteiger partial charge in [-0.15, -0.1) is 0 Å². The van der Waals surface area contributed by atoms with Crippen molar-refractivity contribution in [2.45, 2.75) is 13.5 Å². The predicted molar refractivity (Wildman–Crippen MR) is 95.2 cm³/mol. The van der Waals surface area contributed by atoms with E-state index in [1.165, 1.54) is 0 Å². The number of hydrogen-bond acceptors (Lipinski definition) is 5. The summed E-state index contributed by atoms with van der Waals surface area (Å²) in [5.41, 5.74) is 2.00. The molecule has 1 atom stereocenters. The van der Waals surface area contributed by atoms with Crippen molar-refractivity contribution < 1.29 is 28.7 Å². The van der Waals surface area contributed by atoms with Crippen molar-refractivity contribution in [3.05, 3.63) is 35.0 Å². The van der Waals surface area contributed by atoms with Gasteiger partial charge >= 0.3 is 12.0 Å². The highest BCUT2D eigenvalue weighted by atomic mass is 16.5. The summed E-state index contributed by atoms with van der Waals surface area (Å²) in [5.74, 6) is 0.935. The quantitative estimate of drug-likeness (QED) is 0.558. The number of quaternary nitrogens is 1. The highest BCUT2D eigenvalue weighted by molar-refractivity contribution is 5.93. The molecule has 2 amide bonds. The molecule has 1 heterocycles. The zero-order chi connectivity index (χ0) is 19.1. The Balaban J connectivity index is 2.18. The predicted octanol–water partition coefficient (Wildman–Crippen LogP) is -0.151. The number of methoxy groups -OCH3 is 2. The number of benzene rings is 1. The normalized spacial score (nSPS) is 15.0. The van der Waals surface area contributed by atoms with Crippen LogP contribution in [-0.2, 0) is 16.1 Å². The Hall–Kier alpha value is -2.74. The van der Waals surface area contributed by atoms with Gasteiger partial charge in [0.2, 0.25) is 0 Å². The molecule has 0 aromatic heterocycles. The molecule has 2 rings (SSSR count). The van der Waals surface area contributed by atoms with Crippen molar-refractivity contribution >= 4 is 12.0 Å². The summed E-state index contributed by atoms with van der Waals surface area (Å²) in [6.07, 6.45) is 0. The average molecular weight is 364 g/mol. The van der Waals surface area contributed by atoms with Gasteiger partial charge in [-0.2, -0.15) is 0 Å². The van der Waals surface area contributed by atoms with Crippen molar-refractivity contribution in [2.24, 2.45) is 0 Å². The third kappa shape index (κ3) is 4.66. The summed E-state index contributed by atoms with van der Waals surface area (Å²) >= 11 is 0. The maximum absolute atomic E-state index is 12.1. The van der Waals surface area contributed by atoms with Gasteiger partial charge in [0.15, 0.2) is 11.5 Å². The molecule has 0 bridgehead atoms. The minimum absolute atomic E-state index is 0.162. The third-order valence-corrected chi connectivity index (χ3v) is 4.03. The van der Waals surface area contributed by atoms with E-state index in [4.69, 9.17) is 14.2 Å². The van der Waals surface area contributed by atoms with Crippen LogP contribution in [-0.4, -0.2) is 53.0 Å². The smallest absolute Gasteiger partial charge is 0.337 e. The first kappa shape index (κ1) is 19.6. The summed E-state index contributed by atoms with van der Waals surface area (Å²) in [6, 6.07) is 5.39. The molecule has 0 saturated heterocycles. The van der Waals surface area contributed by atoms with Crippen LogP contribution in [0.1, 0.15) is 12.5 Å². The van der Waals surface area contributed by atoms with E-state index in [2.05, 4.69) is 10.6 Å². The standard InChI is InChI=1S/C18H25N3O5/c1-5-26-17(22)13-9-19-18(23)20-14(13)11-21(2)10-12-7-6-8-15(24-3)16(12)25-4/h6-8H,5,9-11H2,1-4H3,(H2,19,20,23)/p+1. The molecule has 1 unspecified atom stereocenters. The molecule has 8 nitrogen and oxygen atoms in total. The summed E-state index contributed by atoms with van der Waals surface area (Å²) in [7, 11) is 5.17. The van der Waals surface area contributed by atoms with E-state index in [1.807, 2.05) is 25.2 Å². The Labute approximate surface area is 153 Å². The van der Waals surface area contributed by atoms with Crippen molar-refractivity contribution in [3.8, 4) is 11.5 Å². The third-order valence-electron chi connectivity index (χ3n) is 4.03. The lowest BCUT2D eigenvalue weighted by atomic mass is 10.1. The second kappa shape index (κ2) is 9.10. The summed E-state index contributed by atoms with van der Waals surface area (Å²) in [4.78, 5) is 24.9. The number of hydrogen-bond donors (Lipinski definition) is 3. The highest BCUT2D eigenvalue weighted by Gasteiger charge is 2.26. The van der Waals surface area contributed by atoms with Gasteiger partial charge in [0, 0.05) is 0 Å². The zero-order valence-electron chi connectivity index (χ0n) is 15.6. The van der Waals surface area contributed by atoms with Crippen LogP contribution in [0.5, 0.6) is 11.5 Å². The molecule has 1 aromatic carbocycles. The van der Waals surface area contributed by atoms with Crippen LogP contribution >= 0.6 is 0 Å². The van der Waals surface area contributed by atoms with E-state index in [1.54, 1.807) is 21.1 Å². The molecule has 3 N–H and O–H groups in total. The second-order valence-corrected chi connectivity index (χ2v) is 5.95. The molecule has 1 aliphatic rings. The maximum atomic E-state index is 12.1. The minimum Gasteiger partial charge on any atom is -0.493 e. The van der Waals surface area contributed by atoms with E-state index in [0.717, 1.165) is 10.5 Å². The van der Waals surface area contributed by atoms with Crippen LogP contribution in [0, 0.1) is 0 Å². The van der Waals surface area contributed by atoms with Gasteiger partial charge in [-0.1, -0.05) is 6.07 Å². The van der Waals surface area contributed by atoms with Gasteiger partial charge in [0.25, 0.3) is 0 Å². The number of ether oxygens (including phenoxy) is 3. The number of urea groups is 1. The zero-order valence-corrected chi connectivity index (χ0v) is 15.6. The van der Waals surface area contributed by atoms with Gasteiger partial charge in [0.1, 0.15) is 13.1 Å². The number of amides is 2. The SMILES string of the molecule is CCOC(=O)C1=C(C[NH+](C)Cc2cccc(OC)c2OC)NC(=O)NC1. The molecule has 0 fully saturated rings. The van der Waals surface area contributed by atoms with E-state index in [0.29, 0.717) is 35.9 Å². The van der Waals surface area contributed by atoms with Crippen molar-refractivity contribution in [2.75, 3.05) is 41.0 Å². The summed E-state index contributed by atoms with van der Waals surface area (Å²) in [5, 5.41) is 5.33. The van der Waals surface area contributed by atoms with Gasteiger partial charge in [-0.3, -0.25) is 0 Å². The Morgan fingerprint density at radius 1 is 1.23 bits per heavy atom. The fourth-order valence-electron chi connectivity index (χ4n) is 2.88. The molecule has 26 heavy (non-hydrogen) atoms. The van der Waals surface area contributed by atoms with Crippen LogP contribution < -0.4 is 25.0 Å².